The standard InChI is InChI=1S/C11H10ClF3N2O3/c1-17(5-9(18)19)10(20)16-8-3-6(11(13,14)15)2-7(12)4-8/h2-4H,5H2,1H3,(H,16,20)(H,18,19). The molecule has 0 spiro atoms. The molecule has 0 fully saturated rings. The van der Waals surface area contributed by atoms with Crippen LogP contribution in [0.4, 0.5) is 23.7 Å². The van der Waals surface area contributed by atoms with E-state index in [1.807, 2.05) is 0 Å². The van der Waals surface area contributed by atoms with Crippen molar-refractivity contribution in [2.45, 2.75) is 6.18 Å². The number of nitrogens with zero attached hydrogens (tertiary/aromatic N) is 1. The molecule has 0 aliphatic heterocycles. The SMILES string of the molecule is CN(CC(=O)O)C(=O)Nc1cc(Cl)cc(C(F)(F)F)c1. The van der Waals surface area contributed by atoms with E-state index in [2.05, 4.69) is 5.32 Å². The maximum atomic E-state index is 12.6. The van der Waals surface area contributed by atoms with Crippen LogP contribution in [0.15, 0.2) is 18.2 Å². The summed E-state index contributed by atoms with van der Waals surface area (Å²) in [6.07, 6.45) is -4.60. The zero-order valence-corrected chi connectivity index (χ0v) is 10.9. The summed E-state index contributed by atoms with van der Waals surface area (Å²) in [7, 11) is 1.19. The lowest BCUT2D eigenvalue weighted by Crippen LogP contribution is -2.35. The van der Waals surface area contributed by atoms with Gasteiger partial charge in [-0.25, -0.2) is 4.79 Å². The van der Waals surface area contributed by atoms with Crippen molar-refractivity contribution in [1.82, 2.24) is 4.90 Å². The fourth-order valence-corrected chi connectivity index (χ4v) is 1.55. The number of aliphatic carboxylic acids is 1. The van der Waals surface area contributed by atoms with Gasteiger partial charge in [0, 0.05) is 17.8 Å². The number of nitrogens with one attached hydrogen (secondary N) is 1. The fourth-order valence-electron chi connectivity index (χ4n) is 1.32. The molecule has 0 saturated heterocycles. The molecule has 0 radical (unpaired) electrons. The lowest BCUT2D eigenvalue weighted by Gasteiger charge is -2.16. The average Bonchev–Trinajstić information content (AvgIpc) is 2.25. The zero-order chi connectivity index (χ0) is 15.5. The number of likely N-dealkylation sites (N-methyl/N-ethyl adjacent to an activating group) is 1. The van der Waals surface area contributed by atoms with Gasteiger partial charge in [-0.05, 0) is 18.2 Å². The van der Waals surface area contributed by atoms with Gasteiger partial charge in [-0.1, -0.05) is 11.6 Å². The summed E-state index contributed by atoms with van der Waals surface area (Å²) in [4.78, 5) is 22.8. The molecule has 20 heavy (non-hydrogen) atoms. The fraction of sp³-hybridized carbons (Fsp3) is 0.273. The lowest BCUT2D eigenvalue weighted by atomic mass is 10.2. The maximum absolute atomic E-state index is 12.6. The molecule has 0 aliphatic rings. The number of hydrogen-bond acceptors (Lipinski definition) is 2. The molecule has 2 amide bonds. The molecule has 0 bridgehead atoms. The summed E-state index contributed by atoms with van der Waals surface area (Å²) in [6.45, 7) is -0.585. The molecule has 1 aromatic carbocycles. The monoisotopic (exact) mass is 310 g/mol. The van der Waals surface area contributed by atoms with E-state index in [1.165, 1.54) is 7.05 Å². The smallest absolute Gasteiger partial charge is 0.416 e. The molecule has 0 atom stereocenters. The average molecular weight is 311 g/mol. The van der Waals surface area contributed by atoms with Crippen molar-refractivity contribution in [2.75, 3.05) is 18.9 Å². The first-order chi connectivity index (χ1) is 9.09. The van der Waals surface area contributed by atoms with Crippen LogP contribution in [0.2, 0.25) is 5.02 Å². The Balaban J connectivity index is 2.90. The van der Waals surface area contributed by atoms with E-state index in [4.69, 9.17) is 16.7 Å². The molecule has 0 aromatic heterocycles. The number of hydrogen-bond donors (Lipinski definition) is 2. The second-order valence-corrected chi connectivity index (χ2v) is 4.34. The number of carbonyl (C=O) groups excluding carboxylic acids is 1. The molecule has 1 rings (SSSR count). The highest BCUT2D eigenvalue weighted by molar-refractivity contribution is 6.31. The third-order valence-electron chi connectivity index (χ3n) is 2.20. The van der Waals surface area contributed by atoms with Gasteiger partial charge in [0.05, 0.1) is 5.56 Å². The Morgan fingerprint density at radius 2 is 1.95 bits per heavy atom. The topological polar surface area (TPSA) is 69.6 Å². The summed E-state index contributed by atoms with van der Waals surface area (Å²) in [6, 6.07) is 1.70. The van der Waals surface area contributed by atoms with Gasteiger partial charge in [0.15, 0.2) is 0 Å². The van der Waals surface area contributed by atoms with Crippen molar-refractivity contribution in [3.8, 4) is 0 Å². The van der Waals surface area contributed by atoms with Crippen LogP contribution in [0, 0.1) is 0 Å². The van der Waals surface area contributed by atoms with Crippen LogP contribution in [0.5, 0.6) is 0 Å². The lowest BCUT2D eigenvalue weighted by molar-refractivity contribution is -0.138. The van der Waals surface area contributed by atoms with Crippen LogP contribution in [0.1, 0.15) is 5.56 Å². The first-order valence-electron chi connectivity index (χ1n) is 5.21. The Hall–Kier alpha value is -1.96. The van der Waals surface area contributed by atoms with E-state index in [0.717, 1.165) is 17.0 Å². The van der Waals surface area contributed by atoms with E-state index in [1.54, 1.807) is 0 Å². The number of carboxylic acid groups (broad SMARTS) is 1. The molecule has 110 valence electrons. The quantitative estimate of drug-likeness (QED) is 0.902. The zero-order valence-electron chi connectivity index (χ0n) is 10.2. The minimum Gasteiger partial charge on any atom is -0.480 e. The number of benzene rings is 1. The number of alkyl halides is 3. The Bertz CT molecular complexity index is 534. The van der Waals surface area contributed by atoms with Gasteiger partial charge in [-0.3, -0.25) is 4.79 Å². The van der Waals surface area contributed by atoms with E-state index in [-0.39, 0.29) is 10.7 Å². The minimum absolute atomic E-state index is 0.174. The molecule has 0 aliphatic carbocycles. The van der Waals surface area contributed by atoms with E-state index < -0.39 is 30.3 Å². The largest absolute Gasteiger partial charge is 0.480 e. The minimum atomic E-state index is -4.60. The summed E-state index contributed by atoms with van der Waals surface area (Å²) >= 11 is 5.54. The van der Waals surface area contributed by atoms with Crippen LogP contribution >= 0.6 is 11.6 Å². The third kappa shape index (κ3) is 4.61. The first-order valence-corrected chi connectivity index (χ1v) is 5.59. The van der Waals surface area contributed by atoms with Crippen LogP contribution in [-0.2, 0) is 11.0 Å². The Morgan fingerprint density at radius 3 is 2.45 bits per heavy atom. The number of halogens is 4. The van der Waals surface area contributed by atoms with Crippen molar-refractivity contribution in [2.24, 2.45) is 0 Å². The molecule has 1 aromatic rings. The van der Waals surface area contributed by atoms with Gasteiger partial charge < -0.3 is 15.3 Å². The van der Waals surface area contributed by atoms with Crippen molar-refractivity contribution < 1.29 is 27.9 Å². The highest BCUT2D eigenvalue weighted by Gasteiger charge is 2.31. The van der Waals surface area contributed by atoms with Crippen LogP contribution in [0.25, 0.3) is 0 Å². The van der Waals surface area contributed by atoms with Gasteiger partial charge in [0.25, 0.3) is 0 Å². The number of rotatable bonds is 3. The van der Waals surface area contributed by atoms with Crippen molar-refractivity contribution in [1.29, 1.82) is 0 Å². The van der Waals surface area contributed by atoms with Crippen LogP contribution in [-0.4, -0.2) is 35.6 Å². The molecular weight excluding hydrogens is 301 g/mol. The molecule has 0 saturated carbocycles. The molecule has 9 heteroatoms. The number of amides is 2. The van der Waals surface area contributed by atoms with E-state index in [9.17, 15) is 22.8 Å². The van der Waals surface area contributed by atoms with Gasteiger partial charge in [0.2, 0.25) is 0 Å². The molecule has 2 N–H and O–H groups in total. The van der Waals surface area contributed by atoms with Gasteiger partial charge in [-0.2, -0.15) is 13.2 Å². The number of carbonyl (C=O) groups is 2. The predicted molar refractivity (Wildman–Crippen MR) is 65.7 cm³/mol. The normalized spacial score (nSPS) is 11.1. The van der Waals surface area contributed by atoms with E-state index in [0.29, 0.717) is 6.07 Å². The number of urea groups is 1. The Kier molecular flexibility index (Phi) is 4.83. The number of anilines is 1. The predicted octanol–water partition coefficient (Wildman–Crippen LogP) is 2.91. The second kappa shape index (κ2) is 6.00. The van der Waals surface area contributed by atoms with Gasteiger partial charge in [-0.15, -0.1) is 0 Å². The summed E-state index contributed by atoms with van der Waals surface area (Å²) < 4.78 is 37.7. The van der Waals surface area contributed by atoms with Crippen molar-refractivity contribution in [3.05, 3.63) is 28.8 Å². The van der Waals surface area contributed by atoms with E-state index >= 15 is 0 Å². The van der Waals surface area contributed by atoms with Crippen molar-refractivity contribution >= 4 is 29.3 Å². The van der Waals surface area contributed by atoms with Gasteiger partial charge in [0.1, 0.15) is 6.54 Å². The molecule has 0 unspecified atom stereocenters. The third-order valence-corrected chi connectivity index (χ3v) is 2.41. The molecule has 0 heterocycles. The highest BCUT2D eigenvalue weighted by atomic mass is 35.5. The summed E-state index contributed by atoms with van der Waals surface area (Å²) in [5, 5.41) is 10.4. The Labute approximate surface area is 116 Å². The van der Waals surface area contributed by atoms with Crippen LogP contribution < -0.4 is 5.32 Å². The van der Waals surface area contributed by atoms with Crippen molar-refractivity contribution in [3.63, 3.8) is 0 Å². The number of carboxylic acids is 1. The second-order valence-electron chi connectivity index (χ2n) is 3.91. The first kappa shape index (κ1) is 16.1. The molecular formula is C11H10ClF3N2O3. The Morgan fingerprint density at radius 1 is 1.35 bits per heavy atom. The van der Waals surface area contributed by atoms with Gasteiger partial charge >= 0.3 is 18.2 Å². The summed E-state index contributed by atoms with van der Waals surface area (Å²) in [5.41, 5.74) is -1.19. The maximum Gasteiger partial charge on any atom is 0.416 e. The highest BCUT2D eigenvalue weighted by Crippen LogP contribution is 2.33. The van der Waals surface area contributed by atoms with Crippen LogP contribution in [0.3, 0.4) is 0 Å². The summed E-state index contributed by atoms with van der Waals surface area (Å²) in [5.74, 6) is -1.25. The molecule has 5 nitrogen and oxygen atoms in total.